The van der Waals surface area contributed by atoms with E-state index in [1.165, 1.54) is 6.20 Å². The van der Waals surface area contributed by atoms with Crippen molar-refractivity contribution in [3.8, 4) is 0 Å². The highest BCUT2D eigenvalue weighted by Gasteiger charge is 2.40. The number of nitrogens with zero attached hydrogens (tertiary/aromatic N) is 4. The van der Waals surface area contributed by atoms with Gasteiger partial charge in [0.25, 0.3) is 0 Å². The Bertz CT molecular complexity index is 466. The third kappa shape index (κ3) is 2.93. The van der Waals surface area contributed by atoms with E-state index in [4.69, 9.17) is 0 Å². The molecular formula is C12H20N4O3. The summed E-state index contributed by atoms with van der Waals surface area (Å²) in [6, 6.07) is 0. The minimum absolute atomic E-state index is 0.0295. The van der Waals surface area contributed by atoms with Crippen LogP contribution >= 0.6 is 0 Å². The third-order valence-electron chi connectivity index (χ3n) is 3.61. The lowest BCUT2D eigenvalue weighted by molar-refractivity contribution is -0.392. The molecule has 1 saturated heterocycles. The average molecular weight is 268 g/mol. The van der Waals surface area contributed by atoms with Crippen LogP contribution in [0.25, 0.3) is 0 Å². The molecule has 7 nitrogen and oxygen atoms in total. The summed E-state index contributed by atoms with van der Waals surface area (Å²) >= 11 is 0. The summed E-state index contributed by atoms with van der Waals surface area (Å²) in [5.41, 5.74) is -0.551. The van der Waals surface area contributed by atoms with E-state index in [1.807, 2.05) is 0 Å². The van der Waals surface area contributed by atoms with E-state index >= 15 is 0 Å². The van der Waals surface area contributed by atoms with Crippen molar-refractivity contribution in [2.24, 2.45) is 0 Å². The quantitative estimate of drug-likeness (QED) is 0.613. The number of imidazole rings is 1. The Morgan fingerprint density at radius 1 is 1.53 bits per heavy atom. The van der Waals surface area contributed by atoms with E-state index in [0.717, 1.165) is 12.8 Å². The molecule has 0 amide bonds. The fourth-order valence-electron chi connectivity index (χ4n) is 2.69. The van der Waals surface area contributed by atoms with Crippen molar-refractivity contribution in [3.05, 3.63) is 22.1 Å². The van der Waals surface area contributed by atoms with Gasteiger partial charge in [-0.05, 0) is 11.3 Å². The first kappa shape index (κ1) is 14.0. The maximum absolute atomic E-state index is 10.8. The molecule has 0 bridgehead atoms. The van der Waals surface area contributed by atoms with Gasteiger partial charge < -0.3 is 15.2 Å². The molecule has 2 heterocycles. The van der Waals surface area contributed by atoms with Gasteiger partial charge in [0.1, 0.15) is 12.7 Å². The predicted molar refractivity (Wildman–Crippen MR) is 69.9 cm³/mol. The van der Waals surface area contributed by atoms with Crippen molar-refractivity contribution in [1.82, 2.24) is 14.5 Å². The van der Waals surface area contributed by atoms with Crippen LogP contribution in [0.5, 0.6) is 0 Å². The fraction of sp³-hybridized carbons (Fsp3) is 0.750. The number of likely N-dealkylation sites (tertiary alicyclic amines) is 1. The second-order valence-corrected chi connectivity index (χ2v) is 5.26. The van der Waals surface area contributed by atoms with E-state index < -0.39 is 10.5 Å². The molecule has 1 aliphatic heterocycles. The summed E-state index contributed by atoms with van der Waals surface area (Å²) in [5, 5.41) is 20.9. The zero-order chi connectivity index (χ0) is 14.0. The number of aliphatic hydroxyl groups is 1. The van der Waals surface area contributed by atoms with Crippen LogP contribution in [0.4, 0.5) is 5.82 Å². The Morgan fingerprint density at radius 2 is 2.21 bits per heavy atom. The topological polar surface area (TPSA) is 84.4 Å². The summed E-state index contributed by atoms with van der Waals surface area (Å²) in [6.45, 7) is 6.36. The number of hydrogen-bond donors (Lipinski definition) is 1. The monoisotopic (exact) mass is 268 g/mol. The molecule has 1 aromatic heterocycles. The van der Waals surface area contributed by atoms with Gasteiger partial charge >= 0.3 is 5.82 Å². The largest absolute Gasteiger partial charge is 0.387 e. The molecule has 1 aromatic rings. The minimum Gasteiger partial charge on any atom is -0.387 e. The molecule has 0 spiro atoms. The molecule has 0 unspecified atom stereocenters. The van der Waals surface area contributed by atoms with Gasteiger partial charge in [-0.25, -0.2) is 9.55 Å². The number of aromatic nitrogens is 2. The molecule has 1 fully saturated rings. The first-order valence-electron chi connectivity index (χ1n) is 6.56. The molecule has 0 atom stereocenters. The summed E-state index contributed by atoms with van der Waals surface area (Å²) in [6.07, 6.45) is 3.07. The van der Waals surface area contributed by atoms with Crippen LogP contribution in [0.3, 0.4) is 0 Å². The van der Waals surface area contributed by atoms with Gasteiger partial charge in [0.05, 0.1) is 5.60 Å². The Morgan fingerprint density at radius 3 is 2.79 bits per heavy atom. The smallest absolute Gasteiger partial charge is 0.342 e. The molecule has 2 rings (SSSR count). The SMILES string of the molecule is CCCC1(O)CN(CCn2c([N+](=O)[O-])cnc2C)C1. The van der Waals surface area contributed by atoms with Gasteiger partial charge in [-0.1, -0.05) is 13.3 Å². The van der Waals surface area contributed by atoms with E-state index in [2.05, 4.69) is 16.8 Å². The van der Waals surface area contributed by atoms with Crippen molar-refractivity contribution < 1.29 is 10.0 Å². The zero-order valence-electron chi connectivity index (χ0n) is 11.4. The predicted octanol–water partition coefficient (Wildman–Crippen LogP) is 0.947. The minimum atomic E-state index is -0.551. The van der Waals surface area contributed by atoms with Crippen molar-refractivity contribution >= 4 is 5.82 Å². The first-order chi connectivity index (χ1) is 8.95. The molecule has 0 saturated carbocycles. The van der Waals surface area contributed by atoms with E-state index in [1.54, 1.807) is 11.5 Å². The Labute approximate surface area is 112 Å². The lowest BCUT2D eigenvalue weighted by Gasteiger charge is -2.46. The average Bonchev–Trinajstić information content (AvgIpc) is 2.65. The van der Waals surface area contributed by atoms with Crippen LogP contribution in [0, 0.1) is 17.0 Å². The van der Waals surface area contributed by atoms with E-state index in [0.29, 0.717) is 32.0 Å². The van der Waals surface area contributed by atoms with Gasteiger partial charge in [0.15, 0.2) is 5.82 Å². The van der Waals surface area contributed by atoms with Gasteiger partial charge in [-0.15, -0.1) is 0 Å². The molecule has 0 aliphatic carbocycles. The molecular weight excluding hydrogens is 248 g/mol. The highest BCUT2D eigenvalue weighted by Crippen LogP contribution is 2.25. The van der Waals surface area contributed by atoms with Crippen LogP contribution < -0.4 is 0 Å². The molecule has 19 heavy (non-hydrogen) atoms. The van der Waals surface area contributed by atoms with Crippen LogP contribution in [0.15, 0.2) is 6.20 Å². The van der Waals surface area contributed by atoms with Crippen LogP contribution in [-0.2, 0) is 6.54 Å². The molecule has 106 valence electrons. The Balaban J connectivity index is 1.88. The maximum atomic E-state index is 10.8. The second-order valence-electron chi connectivity index (χ2n) is 5.26. The van der Waals surface area contributed by atoms with Crippen LogP contribution in [-0.4, -0.2) is 49.7 Å². The highest BCUT2D eigenvalue weighted by molar-refractivity contribution is 5.18. The molecule has 0 radical (unpaired) electrons. The van der Waals surface area contributed by atoms with Gasteiger partial charge in [0, 0.05) is 26.6 Å². The summed E-state index contributed by atoms with van der Waals surface area (Å²) < 4.78 is 1.61. The van der Waals surface area contributed by atoms with Gasteiger partial charge in [0.2, 0.25) is 0 Å². The summed E-state index contributed by atoms with van der Waals surface area (Å²) in [5.74, 6) is 0.679. The number of hydrogen-bond acceptors (Lipinski definition) is 5. The van der Waals surface area contributed by atoms with Crippen molar-refractivity contribution in [2.75, 3.05) is 19.6 Å². The molecule has 1 aliphatic rings. The summed E-state index contributed by atoms with van der Waals surface area (Å²) in [4.78, 5) is 16.5. The van der Waals surface area contributed by atoms with E-state index in [9.17, 15) is 15.2 Å². The highest BCUT2D eigenvalue weighted by atomic mass is 16.6. The van der Waals surface area contributed by atoms with Crippen molar-refractivity contribution in [2.45, 2.75) is 38.8 Å². The zero-order valence-corrected chi connectivity index (χ0v) is 11.4. The Hall–Kier alpha value is -1.47. The molecule has 7 heteroatoms. The van der Waals surface area contributed by atoms with Crippen molar-refractivity contribution in [1.29, 1.82) is 0 Å². The normalized spacial score (nSPS) is 18.3. The second kappa shape index (κ2) is 5.26. The third-order valence-corrected chi connectivity index (χ3v) is 3.61. The van der Waals surface area contributed by atoms with Gasteiger partial charge in [-0.3, -0.25) is 4.90 Å². The van der Waals surface area contributed by atoms with Crippen LogP contribution in [0.1, 0.15) is 25.6 Å². The first-order valence-corrected chi connectivity index (χ1v) is 6.56. The van der Waals surface area contributed by atoms with Crippen molar-refractivity contribution in [3.63, 3.8) is 0 Å². The molecule has 0 aromatic carbocycles. The Kier molecular flexibility index (Phi) is 3.86. The number of β-amino-alcohol motifs (C(OH)–C–C–N with tert-alkyl or cyclic N) is 1. The lowest BCUT2D eigenvalue weighted by atomic mass is 9.89. The summed E-state index contributed by atoms with van der Waals surface area (Å²) in [7, 11) is 0. The fourth-order valence-corrected chi connectivity index (χ4v) is 2.69. The van der Waals surface area contributed by atoms with E-state index in [-0.39, 0.29) is 5.82 Å². The maximum Gasteiger partial charge on any atom is 0.342 e. The van der Waals surface area contributed by atoms with Crippen LogP contribution in [0.2, 0.25) is 0 Å². The number of nitro groups is 1. The molecule has 1 N–H and O–H groups in total. The lowest BCUT2D eigenvalue weighted by Crippen LogP contribution is -2.62. The standard InChI is InChI=1S/C12H20N4O3/c1-3-4-12(17)8-14(9-12)5-6-15-10(2)13-7-11(15)16(18)19/h7,17H,3-6,8-9H2,1-2H3. The van der Waals surface area contributed by atoms with Gasteiger partial charge in [-0.2, -0.15) is 0 Å². The number of rotatable bonds is 6. The number of aryl methyl sites for hydroxylation is 1.